The first kappa shape index (κ1) is 11.0. The Kier molecular flexibility index (Phi) is 2.60. The highest BCUT2D eigenvalue weighted by atomic mass is 79.9. The Morgan fingerprint density at radius 2 is 2.06 bits per heavy atom. The van der Waals surface area contributed by atoms with E-state index >= 15 is 0 Å². The number of rotatable bonds is 0. The van der Waals surface area contributed by atoms with E-state index in [-0.39, 0.29) is 6.09 Å². The molecule has 0 atom stereocenters. The van der Waals surface area contributed by atoms with Crippen LogP contribution in [-0.2, 0) is 10.3 Å². The summed E-state index contributed by atoms with van der Waals surface area (Å²) in [5, 5.41) is 6.05. The Bertz CT molecular complexity index is 470. The SMILES string of the molecule is O=C1Nc2cc(Br)ccc2C2(CCNCC2)O1. The molecule has 0 aromatic heterocycles. The lowest BCUT2D eigenvalue weighted by Crippen LogP contribution is -2.46. The summed E-state index contributed by atoms with van der Waals surface area (Å²) in [7, 11) is 0. The Hall–Kier alpha value is -1.07. The molecule has 2 aliphatic rings. The van der Waals surface area contributed by atoms with Crippen molar-refractivity contribution in [2.75, 3.05) is 18.4 Å². The Morgan fingerprint density at radius 3 is 2.82 bits per heavy atom. The minimum Gasteiger partial charge on any atom is -0.438 e. The first-order chi connectivity index (χ1) is 8.20. The number of hydrogen-bond acceptors (Lipinski definition) is 3. The van der Waals surface area contributed by atoms with E-state index in [4.69, 9.17) is 4.74 Å². The Labute approximate surface area is 108 Å². The van der Waals surface area contributed by atoms with Crippen LogP contribution in [0.3, 0.4) is 0 Å². The van der Waals surface area contributed by atoms with Crippen LogP contribution in [0, 0.1) is 0 Å². The van der Waals surface area contributed by atoms with E-state index in [1.165, 1.54) is 0 Å². The summed E-state index contributed by atoms with van der Waals surface area (Å²) in [6, 6.07) is 5.95. The number of ether oxygens (including phenoxy) is 1. The van der Waals surface area contributed by atoms with Crippen molar-refractivity contribution in [3.05, 3.63) is 28.2 Å². The normalized spacial score (nSPS) is 21.6. The number of amides is 1. The number of benzene rings is 1. The molecule has 5 heteroatoms. The van der Waals surface area contributed by atoms with Gasteiger partial charge in [0.05, 0.1) is 5.69 Å². The van der Waals surface area contributed by atoms with Gasteiger partial charge in [-0.05, 0) is 25.2 Å². The van der Waals surface area contributed by atoms with Crippen molar-refractivity contribution in [2.45, 2.75) is 18.4 Å². The van der Waals surface area contributed by atoms with Crippen LogP contribution in [0.1, 0.15) is 18.4 Å². The Balaban J connectivity index is 2.09. The first-order valence-corrected chi connectivity index (χ1v) is 6.50. The molecule has 1 spiro atoms. The standard InChI is InChI=1S/C12H13BrN2O2/c13-8-1-2-9-10(7-8)15-11(16)17-12(9)3-5-14-6-4-12/h1-2,7,14H,3-6H2,(H,15,16). The van der Waals surface area contributed by atoms with Crippen LogP contribution in [0.2, 0.25) is 0 Å². The maximum atomic E-state index is 11.6. The van der Waals surface area contributed by atoms with Crippen LogP contribution in [-0.4, -0.2) is 19.2 Å². The third kappa shape index (κ3) is 1.83. The van der Waals surface area contributed by atoms with Gasteiger partial charge in [0.15, 0.2) is 0 Å². The third-order valence-electron chi connectivity index (χ3n) is 3.41. The number of piperidine rings is 1. The molecule has 2 aliphatic heterocycles. The van der Waals surface area contributed by atoms with Crippen LogP contribution in [0.4, 0.5) is 10.5 Å². The van der Waals surface area contributed by atoms with E-state index in [2.05, 4.69) is 26.6 Å². The van der Waals surface area contributed by atoms with Gasteiger partial charge in [-0.3, -0.25) is 5.32 Å². The van der Waals surface area contributed by atoms with E-state index in [1.54, 1.807) is 0 Å². The van der Waals surface area contributed by atoms with Crippen molar-refractivity contribution in [3.8, 4) is 0 Å². The minimum atomic E-state index is -0.441. The molecule has 90 valence electrons. The van der Waals surface area contributed by atoms with Gasteiger partial charge in [-0.1, -0.05) is 22.0 Å². The lowest BCUT2D eigenvalue weighted by Gasteiger charge is -2.41. The Morgan fingerprint density at radius 1 is 1.29 bits per heavy atom. The monoisotopic (exact) mass is 296 g/mol. The summed E-state index contributed by atoms with van der Waals surface area (Å²) in [4.78, 5) is 11.6. The quantitative estimate of drug-likeness (QED) is 0.774. The fourth-order valence-corrected chi connectivity index (χ4v) is 2.95. The van der Waals surface area contributed by atoms with E-state index in [1.807, 2.05) is 18.2 Å². The number of halogens is 1. The number of anilines is 1. The van der Waals surface area contributed by atoms with Crippen molar-refractivity contribution in [3.63, 3.8) is 0 Å². The molecule has 1 saturated heterocycles. The maximum absolute atomic E-state index is 11.6. The zero-order chi connectivity index (χ0) is 11.9. The topological polar surface area (TPSA) is 50.4 Å². The van der Waals surface area contributed by atoms with E-state index < -0.39 is 5.60 Å². The zero-order valence-corrected chi connectivity index (χ0v) is 10.8. The van der Waals surface area contributed by atoms with Crippen LogP contribution in [0.5, 0.6) is 0 Å². The smallest absolute Gasteiger partial charge is 0.412 e. The van der Waals surface area contributed by atoms with Gasteiger partial charge >= 0.3 is 6.09 Å². The summed E-state index contributed by atoms with van der Waals surface area (Å²) in [5.41, 5.74) is 1.50. The molecule has 4 nitrogen and oxygen atoms in total. The molecule has 0 unspecified atom stereocenters. The lowest BCUT2D eigenvalue weighted by molar-refractivity contribution is -0.0126. The highest BCUT2D eigenvalue weighted by molar-refractivity contribution is 9.10. The van der Waals surface area contributed by atoms with Gasteiger partial charge in [-0.2, -0.15) is 0 Å². The molecule has 17 heavy (non-hydrogen) atoms. The highest BCUT2D eigenvalue weighted by Gasteiger charge is 2.42. The second-order valence-electron chi connectivity index (χ2n) is 4.45. The summed E-state index contributed by atoms with van der Waals surface area (Å²) >= 11 is 3.42. The van der Waals surface area contributed by atoms with Gasteiger partial charge < -0.3 is 10.1 Å². The van der Waals surface area contributed by atoms with E-state index in [0.717, 1.165) is 41.7 Å². The second-order valence-corrected chi connectivity index (χ2v) is 5.36. The number of fused-ring (bicyclic) bond motifs is 2. The van der Waals surface area contributed by atoms with Gasteiger partial charge in [-0.15, -0.1) is 0 Å². The molecule has 0 saturated carbocycles. The molecule has 1 aromatic rings. The number of hydrogen-bond donors (Lipinski definition) is 2. The largest absolute Gasteiger partial charge is 0.438 e. The van der Waals surface area contributed by atoms with Crippen LogP contribution in [0.15, 0.2) is 22.7 Å². The predicted octanol–water partition coefficient (Wildman–Crippen LogP) is 2.59. The van der Waals surface area contributed by atoms with Crippen molar-refractivity contribution in [1.82, 2.24) is 5.32 Å². The fraction of sp³-hybridized carbons (Fsp3) is 0.417. The fourth-order valence-electron chi connectivity index (χ4n) is 2.59. The molecule has 0 aliphatic carbocycles. The first-order valence-electron chi connectivity index (χ1n) is 5.70. The summed E-state index contributed by atoms with van der Waals surface area (Å²) in [6.45, 7) is 1.76. The third-order valence-corrected chi connectivity index (χ3v) is 3.90. The van der Waals surface area contributed by atoms with Crippen LogP contribution < -0.4 is 10.6 Å². The van der Waals surface area contributed by atoms with E-state index in [0.29, 0.717) is 0 Å². The summed E-state index contributed by atoms with van der Waals surface area (Å²) in [5.74, 6) is 0. The van der Waals surface area contributed by atoms with Crippen molar-refractivity contribution < 1.29 is 9.53 Å². The number of carbonyl (C=O) groups excluding carboxylic acids is 1. The molecule has 0 radical (unpaired) electrons. The highest BCUT2D eigenvalue weighted by Crippen LogP contribution is 2.42. The molecule has 2 heterocycles. The number of carbonyl (C=O) groups is 1. The molecule has 2 N–H and O–H groups in total. The predicted molar refractivity (Wildman–Crippen MR) is 68.0 cm³/mol. The van der Waals surface area contributed by atoms with Gasteiger partial charge in [-0.25, -0.2) is 4.79 Å². The molecule has 1 fully saturated rings. The maximum Gasteiger partial charge on any atom is 0.412 e. The second kappa shape index (κ2) is 3.99. The lowest BCUT2D eigenvalue weighted by atomic mass is 9.83. The molecular weight excluding hydrogens is 284 g/mol. The average molecular weight is 297 g/mol. The van der Waals surface area contributed by atoms with Gasteiger partial charge in [0.2, 0.25) is 0 Å². The number of nitrogens with one attached hydrogen (secondary N) is 2. The average Bonchev–Trinajstić information content (AvgIpc) is 2.29. The van der Waals surface area contributed by atoms with Crippen molar-refractivity contribution in [2.24, 2.45) is 0 Å². The van der Waals surface area contributed by atoms with Gasteiger partial charge in [0.25, 0.3) is 0 Å². The van der Waals surface area contributed by atoms with Gasteiger partial charge in [0.1, 0.15) is 5.60 Å². The molecule has 1 amide bonds. The molecule has 0 bridgehead atoms. The molecule has 3 rings (SSSR count). The van der Waals surface area contributed by atoms with Gasteiger partial charge in [0, 0.05) is 22.9 Å². The minimum absolute atomic E-state index is 0.350. The van der Waals surface area contributed by atoms with E-state index in [9.17, 15) is 4.79 Å². The molecule has 1 aromatic carbocycles. The van der Waals surface area contributed by atoms with Crippen LogP contribution >= 0.6 is 15.9 Å². The summed E-state index contributed by atoms with van der Waals surface area (Å²) < 4.78 is 6.54. The zero-order valence-electron chi connectivity index (χ0n) is 9.25. The molecular formula is C12H13BrN2O2. The van der Waals surface area contributed by atoms with Crippen molar-refractivity contribution in [1.29, 1.82) is 0 Å². The summed E-state index contributed by atoms with van der Waals surface area (Å²) in [6.07, 6.45) is 1.31. The van der Waals surface area contributed by atoms with Crippen LogP contribution in [0.25, 0.3) is 0 Å². The van der Waals surface area contributed by atoms with Crippen molar-refractivity contribution >= 4 is 27.7 Å².